The van der Waals surface area contributed by atoms with Crippen molar-refractivity contribution in [2.24, 2.45) is 0 Å². The molecule has 0 aliphatic heterocycles. The lowest BCUT2D eigenvalue weighted by atomic mass is 10.3. The standard InChI is InChI=1S/C11H14Cl2N2O2S/c1-7-6-9(12)14-11(13)10(7)15-18(16,17)8-4-2-3-5-8/h6,8,15H,2-5H2,1H3. The molecule has 1 saturated carbocycles. The fraction of sp³-hybridized carbons (Fsp3) is 0.545. The van der Waals surface area contributed by atoms with E-state index in [1.165, 1.54) is 0 Å². The number of aromatic nitrogens is 1. The number of rotatable bonds is 3. The van der Waals surface area contributed by atoms with Gasteiger partial charge in [-0.05, 0) is 31.4 Å². The van der Waals surface area contributed by atoms with Crippen molar-refractivity contribution in [2.45, 2.75) is 37.9 Å². The molecule has 0 aromatic carbocycles. The van der Waals surface area contributed by atoms with Crippen molar-refractivity contribution in [3.05, 3.63) is 21.9 Å². The van der Waals surface area contributed by atoms with Gasteiger partial charge in [-0.15, -0.1) is 0 Å². The largest absolute Gasteiger partial charge is 0.280 e. The van der Waals surface area contributed by atoms with Gasteiger partial charge >= 0.3 is 0 Å². The Morgan fingerprint density at radius 3 is 2.50 bits per heavy atom. The van der Waals surface area contributed by atoms with Gasteiger partial charge in [0.2, 0.25) is 10.0 Å². The summed E-state index contributed by atoms with van der Waals surface area (Å²) in [5.41, 5.74) is 0.995. The van der Waals surface area contributed by atoms with Crippen molar-refractivity contribution in [3.63, 3.8) is 0 Å². The van der Waals surface area contributed by atoms with Crippen LogP contribution in [0.5, 0.6) is 0 Å². The van der Waals surface area contributed by atoms with Crippen LogP contribution in [0.15, 0.2) is 6.07 Å². The fourth-order valence-corrected chi connectivity index (χ4v) is 4.44. The number of anilines is 1. The molecule has 1 aromatic heterocycles. The van der Waals surface area contributed by atoms with Crippen LogP contribution < -0.4 is 4.72 Å². The maximum absolute atomic E-state index is 12.2. The van der Waals surface area contributed by atoms with E-state index in [1.54, 1.807) is 13.0 Å². The second kappa shape index (κ2) is 5.23. The zero-order valence-corrected chi connectivity index (χ0v) is 12.2. The molecule has 2 rings (SSSR count). The molecule has 0 amide bonds. The Balaban J connectivity index is 2.29. The van der Waals surface area contributed by atoms with Gasteiger partial charge in [-0.1, -0.05) is 36.0 Å². The molecule has 0 spiro atoms. The third-order valence-electron chi connectivity index (χ3n) is 3.13. The van der Waals surface area contributed by atoms with Crippen molar-refractivity contribution < 1.29 is 8.42 Å². The molecule has 18 heavy (non-hydrogen) atoms. The van der Waals surface area contributed by atoms with E-state index in [1.807, 2.05) is 0 Å². The van der Waals surface area contributed by atoms with Crippen LogP contribution in [0.4, 0.5) is 5.69 Å². The summed E-state index contributed by atoms with van der Waals surface area (Å²) in [5.74, 6) is 0. The normalized spacial score (nSPS) is 17.1. The molecule has 0 bridgehead atoms. The molecule has 1 fully saturated rings. The summed E-state index contributed by atoms with van der Waals surface area (Å²) in [6, 6.07) is 1.58. The average molecular weight is 309 g/mol. The van der Waals surface area contributed by atoms with E-state index in [-0.39, 0.29) is 15.6 Å². The van der Waals surface area contributed by atoms with E-state index in [4.69, 9.17) is 23.2 Å². The Bertz CT molecular complexity index is 531. The molecule has 1 aromatic rings. The third-order valence-corrected chi connectivity index (χ3v) is 5.43. The van der Waals surface area contributed by atoms with Crippen LogP contribution >= 0.6 is 23.2 Å². The lowest BCUT2D eigenvalue weighted by Gasteiger charge is -2.15. The summed E-state index contributed by atoms with van der Waals surface area (Å²) in [4.78, 5) is 3.85. The first-order valence-corrected chi connectivity index (χ1v) is 8.04. The van der Waals surface area contributed by atoms with Gasteiger partial charge in [0.1, 0.15) is 5.15 Å². The lowest BCUT2D eigenvalue weighted by Crippen LogP contribution is -2.25. The SMILES string of the molecule is Cc1cc(Cl)nc(Cl)c1NS(=O)(=O)C1CCCC1. The predicted octanol–water partition coefficient (Wildman–Crippen LogP) is 3.38. The predicted molar refractivity (Wildman–Crippen MR) is 73.8 cm³/mol. The molecular formula is C11H14Cl2N2O2S. The van der Waals surface area contributed by atoms with Crippen LogP contribution in [-0.4, -0.2) is 18.7 Å². The highest BCUT2D eigenvalue weighted by atomic mass is 35.5. The Morgan fingerprint density at radius 1 is 1.33 bits per heavy atom. The first kappa shape index (κ1) is 13.9. The van der Waals surface area contributed by atoms with E-state index in [9.17, 15) is 8.42 Å². The molecule has 1 aliphatic rings. The van der Waals surface area contributed by atoms with E-state index < -0.39 is 10.0 Å². The Labute approximate surface area is 117 Å². The topological polar surface area (TPSA) is 59.1 Å². The minimum Gasteiger partial charge on any atom is -0.280 e. The number of nitrogens with zero attached hydrogens (tertiary/aromatic N) is 1. The molecule has 0 unspecified atom stereocenters. The zero-order chi connectivity index (χ0) is 13.3. The smallest absolute Gasteiger partial charge is 0.235 e. The van der Waals surface area contributed by atoms with Gasteiger partial charge in [0.25, 0.3) is 0 Å². The lowest BCUT2D eigenvalue weighted by molar-refractivity contribution is 0.585. The second-order valence-electron chi connectivity index (χ2n) is 4.48. The molecule has 4 nitrogen and oxygen atoms in total. The summed E-state index contributed by atoms with van der Waals surface area (Å²) in [7, 11) is -3.39. The molecule has 1 aliphatic carbocycles. The number of sulfonamides is 1. The van der Waals surface area contributed by atoms with Crippen molar-refractivity contribution >= 4 is 38.9 Å². The fourth-order valence-electron chi connectivity index (χ4n) is 2.14. The first-order valence-electron chi connectivity index (χ1n) is 5.74. The number of nitrogens with one attached hydrogen (secondary N) is 1. The number of halogens is 2. The maximum Gasteiger partial charge on any atom is 0.235 e. The van der Waals surface area contributed by atoms with Crippen LogP contribution in [0, 0.1) is 6.92 Å². The van der Waals surface area contributed by atoms with Crippen molar-refractivity contribution in [3.8, 4) is 0 Å². The van der Waals surface area contributed by atoms with Crippen LogP contribution in [0.25, 0.3) is 0 Å². The first-order chi connectivity index (χ1) is 8.40. The zero-order valence-electron chi connectivity index (χ0n) is 9.91. The van der Waals surface area contributed by atoms with Crippen molar-refractivity contribution in [1.82, 2.24) is 4.98 Å². The summed E-state index contributed by atoms with van der Waals surface area (Å²) in [5, 5.41) is 0.00605. The van der Waals surface area contributed by atoms with Gasteiger partial charge in [0.15, 0.2) is 5.15 Å². The van der Waals surface area contributed by atoms with Gasteiger partial charge in [0.05, 0.1) is 10.9 Å². The van der Waals surface area contributed by atoms with Crippen molar-refractivity contribution in [1.29, 1.82) is 0 Å². The van der Waals surface area contributed by atoms with Crippen LogP contribution in [0.3, 0.4) is 0 Å². The monoisotopic (exact) mass is 308 g/mol. The van der Waals surface area contributed by atoms with E-state index in [2.05, 4.69) is 9.71 Å². The Morgan fingerprint density at radius 2 is 1.94 bits per heavy atom. The highest BCUT2D eigenvalue weighted by Crippen LogP contribution is 2.31. The number of hydrogen-bond donors (Lipinski definition) is 1. The number of pyridine rings is 1. The molecule has 0 atom stereocenters. The van der Waals surface area contributed by atoms with Crippen LogP contribution in [0.1, 0.15) is 31.2 Å². The van der Waals surface area contributed by atoms with Gasteiger partial charge in [-0.2, -0.15) is 0 Å². The minimum absolute atomic E-state index is 0.0848. The molecule has 0 radical (unpaired) electrons. The van der Waals surface area contributed by atoms with Gasteiger partial charge < -0.3 is 0 Å². The van der Waals surface area contributed by atoms with E-state index in [0.717, 1.165) is 12.8 Å². The minimum atomic E-state index is -3.39. The number of hydrogen-bond acceptors (Lipinski definition) is 3. The summed E-state index contributed by atoms with van der Waals surface area (Å²) >= 11 is 11.7. The second-order valence-corrected chi connectivity index (χ2v) is 7.19. The molecule has 1 heterocycles. The van der Waals surface area contributed by atoms with Gasteiger partial charge in [0, 0.05) is 0 Å². The van der Waals surface area contributed by atoms with Gasteiger partial charge in [-0.25, -0.2) is 13.4 Å². The quantitative estimate of drug-likeness (QED) is 0.871. The average Bonchev–Trinajstić information content (AvgIpc) is 2.77. The van der Waals surface area contributed by atoms with E-state index in [0.29, 0.717) is 24.1 Å². The molecule has 1 N–H and O–H groups in total. The maximum atomic E-state index is 12.2. The molecular weight excluding hydrogens is 295 g/mol. The van der Waals surface area contributed by atoms with Crippen molar-refractivity contribution in [2.75, 3.05) is 4.72 Å². The molecule has 7 heteroatoms. The third kappa shape index (κ3) is 2.90. The molecule has 0 saturated heterocycles. The molecule has 100 valence electrons. The summed E-state index contributed by atoms with van der Waals surface area (Å²) in [6.45, 7) is 1.74. The van der Waals surface area contributed by atoms with Crippen LogP contribution in [-0.2, 0) is 10.0 Å². The Hall–Kier alpha value is -0.520. The van der Waals surface area contributed by atoms with Crippen LogP contribution in [0.2, 0.25) is 10.3 Å². The Kier molecular flexibility index (Phi) is 4.04. The summed E-state index contributed by atoms with van der Waals surface area (Å²) in [6.07, 6.45) is 3.31. The number of aryl methyl sites for hydroxylation is 1. The van der Waals surface area contributed by atoms with Gasteiger partial charge in [-0.3, -0.25) is 4.72 Å². The highest BCUT2D eigenvalue weighted by molar-refractivity contribution is 7.93. The highest BCUT2D eigenvalue weighted by Gasteiger charge is 2.29. The van der Waals surface area contributed by atoms with E-state index >= 15 is 0 Å². The summed E-state index contributed by atoms with van der Waals surface area (Å²) < 4.78 is 26.9.